The average Bonchev–Trinajstić information content (AvgIpc) is 3.05. The lowest BCUT2D eigenvalue weighted by atomic mass is 10.1. The zero-order valence-corrected chi connectivity index (χ0v) is 12.9. The Kier molecular flexibility index (Phi) is 4.07. The molecule has 0 aliphatic heterocycles. The number of rotatable bonds is 4. The number of aryl methyl sites for hydroxylation is 1. The van der Waals surface area contributed by atoms with Crippen molar-refractivity contribution < 1.29 is 9.26 Å². The molecule has 0 unspecified atom stereocenters. The summed E-state index contributed by atoms with van der Waals surface area (Å²) in [6.07, 6.45) is -0.408. The Morgan fingerprint density at radius 2 is 2.00 bits per heavy atom. The molecule has 5 heteroatoms. The summed E-state index contributed by atoms with van der Waals surface area (Å²) in [6.45, 7) is 3.83. The summed E-state index contributed by atoms with van der Waals surface area (Å²) < 4.78 is 11.1. The van der Waals surface area contributed by atoms with Crippen molar-refractivity contribution in [2.45, 2.75) is 20.0 Å². The van der Waals surface area contributed by atoms with Crippen LogP contribution in [0.2, 0.25) is 0 Å². The van der Waals surface area contributed by atoms with Crippen molar-refractivity contribution in [3.05, 3.63) is 65.5 Å². The van der Waals surface area contributed by atoms with Crippen LogP contribution < -0.4 is 4.74 Å². The summed E-state index contributed by atoms with van der Waals surface area (Å²) in [5, 5.41) is 12.9. The predicted molar refractivity (Wildman–Crippen MR) is 84.7 cm³/mol. The lowest BCUT2D eigenvalue weighted by Gasteiger charge is -2.10. The van der Waals surface area contributed by atoms with Crippen LogP contribution in [-0.2, 0) is 0 Å². The first kappa shape index (κ1) is 14.8. The average molecular weight is 305 g/mol. The molecule has 1 atom stereocenters. The molecule has 0 fully saturated rings. The molecule has 1 aromatic heterocycles. The normalized spacial score (nSPS) is 11.7. The SMILES string of the molecule is Cc1ccccc1-c1noc([C@@H](C)Oc2cccc(C#N)c2)n1. The van der Waals surface area contributed by atoms with E-state index in [1.807, 2.05) is 38.1 Å². The summed E-state index contributed by atoms with van der Waals surface area (Å²) in [5.41, 5.74) is 2.55. The van der Waals surface area contributed by atoms with Crippen LogP contribution in [0, 0.1) is 18.3 Å². The maximum absolute atomic E-state index is 8.92. The topological polar surface area (TPSA) is 71.9 Å². The van der Waals surface area contributed by atoms with E-state index in [4.69, 9.17) is 14.5 Å². The van der Waals surface area contributed by atoms with Gasteiger partial charge in [0.15, 0.2) is 6.10 Å². The van der Waals surface area contributed by atoms with Crippen molar-refractivity contribution in [2.24, 2.45) is 0 Å². The Balaban J connectivity index is 1.80. The molecule has 114 valence electrons. The number of ether oxygens (including phenoxy) is 1. The van der Waals surface area contributed by atoms with Crippen molar-refractivity contribution in [3.8, 4) is 23.2 Å². The van der Waals surface area contributed by atoms with E-state index in [2.05, 4.69) is 16.2 Å². The molecule has 0 aliphatic carbocycles. The smallest absolute Gasteiger partial charge is 0.267 e. The molecular formula is C18H15N3O2. The van der Waals surface area contributed by atoms with E-state index in [0.29, 0.717) is 23.0 Å². The van der Waals surface area contributed by atoms with Crippen LogP contribution in [0.1, 0.15) is 30.0 Å². The van der Waals surface area contributed by atoms with Crippen molar-refractivity contribution in [1.82, 2.24) is 10.1 Å². The molecule has 0 aliphatic rings. The Bertz CT molecular complexity index is 864. The zero-order chi connectivity index (χ0) is 16.2. The second-order valence-electron chi connectivity index (χ2n) is 5.17. The number of benzene rings is 2. The number of nitriles is 1. The molecule has 2 aromatic carbocycles. The lowest BCUT2D eigenvalue weighted by Crippen LogP contribution is -2.03. The Morgan fingerprint density at radius 3 is 2.78 bits per heavy atom. The molecule has 3 rings (SSSR count). The van der Waals surface area contributed by atoms with Crippen LogP contribution in [0.5, 0.6) is 5.75 Å². The van der Waals surface area contributed by atoms with Gasteiger partial charge in [0.05, 0.1) is 11.6 Å². The second kappa shape index (κ2) is 6.32. The number of nitrogens with zero attached hydrogens (tertiary/aromatic N) is 3. The van der Waals surface area contributed by atoms with Crippen LogP contribution >= 0.6 is 0 Å². The molecule has 0 saturated heterocycles. The summed E-state index contributed by atoms with van der Waals surface area (Å²) >= 11 is 0. The third-order valence-corrected chi connectivity index (χ3v) is 3.45. The van der Waals surface area contributed by atoms with Crippen molar-refractivity contribution in [2.75, 3.05) is 0 Å². The summed E-state index contributed by atoms with van der Waals surface area (Å²) in [4.78, 5) is 4.41. The molecule has 23 heavy (non-hydrogen) atoms. The van der Waals surface area contributed by atoms with E-state index in [9.17, 15) is 0 Å². The summed E-state index contributed by atoms with van der Waals surface area (Å²) in [6, 6.07) is 16.9. The Hall–Kier alpha value is -3.13. The van der Waals surface area contributed by atoms with E-state index >= 15 is 0 Å². The third kappa shape index (κ3) is 3.22. The predicted octanol–water partition coefficient (Wildman–Crippen LogP) is 4.06. The summed E-state index contributed by atoms with van der Waals surface area (Å²) in [5.74, 6) is 1.53. The molecule has 0 bridgehead atoms. The maximum atomic E-state index is 8.92. The van der Waals surface area contributed by atoms with Crippen molar-refractivity contribution in [1.29, 1.82) is 5.26 Å². The van der Waals surface area contributed by atoms with Gasteiger partial charge in [0.2, 0.25) is 5.82 Å². The fraction of sp³-hybridized carbons (Fsp3) is 0.167. The quantitative estimate of drug-likeness (QED) is 0.727. The maximum Gasteiger partial charge on any atom is 0.267 e. The van der Waals surface area contributed by atoms with Gasteiger partial charge in [0.25, 0.3) is 5.89 Å². The van der Waals surface area contributed by atoms with Gasteiger partial charge in [-0.3, -0.25) is 0 Å². The van der Waals surface area contributed by atoms with Crippen LogP contribution in [0.3, 0.4) is 0 Å². The lowest BCUT2D eigenvalue weighted by molar-refractivity contribution is 0.176. The molecule has 0 radical (unpaired) electrons. The highest BCUT2D eigenvalue weighted by Gasteiger charge is 2.17. The highest BCUT2D eigenvalue weighted by atomic mass is 16.5. The minimum atomic E-state index is -0.408. The van der Waals surface area contributed by atoms with Crippen molar-refractivity contribution >= 4 is 0 Å². The van der Waals surface area contributed by atoms with Crippen LogP contribution in [0.4, 0.5) is 0 Å². The Morgan fingerprint density at radius 1 is 1.17 bits per heavy atom. The van der Waals surface area contributed by atoms with Gasteiger partial charge in [-0.2, -0.15) is 10.2 Å². The van der Waals surface area contributed by atoms with E-state index in [0.717, 1.165) is 11.1 Å². The molecule has 0 saturated carbocycles. The van der Waals surface area contributed by atoms with E-state index < -0.39 is 6.10 Å². The first-order chi connectivity index (χ1) is 11.2. The van der Waals surface area contributed by atoms with Gasteiger partial charge in [-0.25, -0.2) is 0 Å². The molecule has 0 N–H and O–H groups in total. The number of hydrogen-bond donors (Lipinski definition) is 0. The minimum Gasteiger partial charge on any atom is -0.481 e. The molecule has 0 amide bonds. The van der Waals surface area contributed by atoms with Gasteiger partial charge >= 0.3 is 0 Å². The van der Waals surface area contributed by atoms with Gasteiger partial charge in [0, 0.05) is 5.56 Å². The molecular weight excluding hydrogens is 290 g/mol. The largest absolute Gasteiger partial charge is 0.481 e. The van der Waals surface area contributed by atoms with Gasteiger partial charge < -0.3 is 9.26 Å². The van der Waals surface area contributed by atoms with Gasteiger partial charge in [-0.1, -0.05) is 35.5 Å². The molecule has 0 spiro atoms. The highest BCUT2D eigenvalue weighted by Crippen LogP contribution is 2.25. The highest BCUT2D eigenvalue weighted by molar-refractivity contribution is 5.58. The van der Waals surface area contributed by atoms with Crippen LogP contribution in [-0.4, -0.2) is 10.1 Å². The molecule has 3 aromatic rings. The van der Waals surface area contributed by atoms with Crippen LogP contribution in [0.15, 0.2) is 53.1 Å². The van der Waals surface area contributed by atoms with Gasteiger partial charge in [-0.15, -0.1) is 0 Å². The zero-order valence-electron chi connectivity index (χ0n) is 12.9. The molecule has 1 heterocycles. The number of hydrogen-bond acceptors (Lipinski definition) is 5. The first-order valence-electron chi connectivity index (χ1n) is 7.24. The third-order valence-electron chi connectivity index (χ3n) is 3.45. The second-order valence-corrected chi connectivity index (χ2v) is 5.17. The van der Waals surface area contributed by atoms with E-state index in [1.54, 1.807) is 24.3 Å². The standard InChI is InChI=1S/C18H15N3O2/c1-12-6-3-4-9-16(12)17-20-18(23-21-17)13(2)22-15-8-5-7-14(10-15)11-19/h3-10,13H,1-2H3/t13-/m1/s1. The van der Waals surface area contributed by atoms with E-state index in [1.165, 1.54) is 0 Å². The van der Waals surface area contributed by atoms with Crippen LogP contribution in [0.25, 0.3) is 11.4 Å². The van der Waals surface area contributed by atoms with E-state index in [-0.39, 0.29) is 0 Å². The first-order valence-corrected chi connectivity index (χ1v) is 7.24. The van der Waals surface area contributed by atoms with Gasteiger partial charge in [0.1, 0.15) is 5.75 Å². The monoisotopic (exact) mass is 305 g/mol. The Labute approximate surface area is 134 Å². The molecule has 5 nitrogen and oxygen atoms in total. The number of aromatic nitrogens is 2. The minimum absolute atomic E-state index is 0.394. The fourth-order valence-electron chi connectivity index (χ4n) is 2.23. The fourth-order valence-corrected chi connectivity index (χ4v) is 2.23. The van der Waals surface area contributed by atoms with Gasteiger partial charge in [-0.05, 0) is 37.6 Å². The summed E-state index contributed by atoms with van der Waals surface area (Å²) in [7, 11) is 0. The van der Waals surface area contributed by atoms with Crippen molar-refractivity contribution in [3.63, 3.8) is 0 Å².